The zero-order valence-electron chi connectivity index (χ0n) is 16.1. The maximum Gasteiger partial charge on any atom is 0.256 e. The van der Waals surface area contributed by atoms with Crippen LogP contribution in [0.5, 0.6) is 0 Å². The first-order chi connectivity index (χ1) is 13.0. The van der Waals surface area contributed by atoms with Crippen molar-refractivity contribution in [1.82, 2.24) is 10.2 Å². The van der Waals surface area contributed by atoms with E-state index in [1.54, 1.807) is 0 Å². The average Bonchev–Trinajstić information content (AvgIpc) is 3.37. The highest BCUT2D eigenvalue weighted by atomic mass is 35.5. The topological polar surface area (TPSA) is 61.4 Å². The molecule has 0 bridgehead atoms. The summed E-state index contributed by atoms with van der Waals surface area (Å²) in [6.45, 7) is 7.84. The molecular formula is C21H26ClN3O2S. The van der Waals surface area contributed by atoms with Crippen LogP contribution in [0, 0.1) is 11.8 Å². The Labute approximate surface area is 175 Å². The lowest BCUT2D eigenvalue weighted by atomic mass is 10.0. The second-order valence-electron chi connectivity index (χ2n) is 7.78. The number of likely N-dealkylation sites (tertiary alicyclic amines) is 1. The minimum atomic E-state index is -0.177. The van der Waals surface area contributed by atoms with Gasteiger partial charge in [-0.15, -0.1) is 23.7 Å². The maximum atomic E-state index is 13.0. The molecule has 2 N–H and O–H groups in total. The minimum absolute atomic E-state index is 0. The van der Waals surface area contributed by atoms with Crippen LogP contribution >= 0.6 is 23.7 Å². The SMILES string of the molecule is CC(C)c1ccc(C(=O)Nc2sccc2C(=O)N2C[C@H]3CNC[C@H]3C2)cc1.Cl. The van der Waals surface area contributed by atoms with Gasteiger partial charge in [-0.3, -0.25) is 9.59 Å². The molecule has 1 aromatic heterocycles. The van der Waals surface area contributed by atoms with Gasteiger partial charge in [-0.05, 0) is 46.9 Å². The van der Waals surface area contributed by atoms with E-state index in [0.29, 0.717) is 33.9 Å². The number of amides is 2. The second-order valence-corrected chi connectivity index (χ2v) is 8.70. The van der Waals surface area contributed by atoms with Crippen LogP contribution in [0.4, 0.5) is 5.00 Å². The zero-order chi connectivity index (χ0) is 19.0. The fraction of sp³-hybridized carbons (Fsp3) is 0.429. The Morgan fingerprint density at radius 3 is 2.36 bits per heavy atom. The molecule has 0 aliphatic carbocycles. The van der Waals surface area contributed by atoms with Crippen molar-refractivity contribution in [3.63, 3.8) is 0 Å². The highest BCUT2D eigenvalue weighted by molar-refractivity contribution is 7.14. The number of fused-ring (bicyclic) bond motifs is 1. The number of carbonyl (C=O) groups is 2. The molecule has 3 heterocycles. The lowest BCUT2D eigenvalue weighted by Crippen LogP contribution is -2.32. The molecule has 2 amide bonds. The molecule has 0 saturated carbocycles. The normalized spacial score (nSPS) is 20.8. The van der Waals surface area contributed by atoms with Crippen molar-refractivity contribution in [3.05, 3.63) is 52.4 Å². The van der Waals surface area contributed by atoms with Crippen molar-refractivity contribution in [2.45, 2.75) is 19.8 Å². The Kier molecular flexibility index (Phi) is 6.43. The summed E-state index contributed by atoms with van der Waals surface area (Å²) in [5.41, 5.74) is 2.40. The first-order valence-electron chi connectivity index (χ1n) is 9.51. The highest BCUT2D eigenvalue weighted by Gasteiger charge is 2.38. The number of nitrogens with one attached hydrogen (secondary N) is 2. The van der Waals surface area contributed by atoms with E-state index < -0.39 is 0 Å². The van der Waals surface area contributed by atoms with Crippen molar-refractivity contribution < 1.29 is 9.59 Å². The minimum Gasteiger partial charge on any atom is -0.338 e. The molecule has 2 aliphatic rings. The largest absolute Gasteiger partial charge is 0.338 e. The van der Waals surface area contributed by atoms with Crippen LogP contribution in [0.25, 0.3) is 0 Å². The first kappa shape index (κ1) is 20.8. The fourth-order valence-corrected chi connectivity index (χ4v) is 4.73. The molecule has 4 rings (SSSR count). The summed E-state index contributed by atoms with van der Waals surface area (Å²) >= 11 is 1.40. The standard InChI is InChI=1S/C21H25N3O2S.ClH/c1-13(2)14-3-5-15(6-4-14)19(25)23-20-18(7-8-27-20)21(26)24-11-16-9-22-10-17(16)12-24;/h3-8,13,16-17,22H,9-12H2,1-2H3,(H,23,25);1H/t16-,17+;. The van der Waals surface area contributed by atoms with Crippen molar-refractivity contribution in [2.75, 3.05) is 31.5 Å². The van der Waals surface area contributed by atoms with Crippen molar-refractivity contribution >= 4 is 40.6 Å². The number of carbonyl (C=O) groups excluding carboxylic acids is 2. The molecule has 1 aromatic carbocycles. The van der Waals surface area contributed by atoms with Crippen LogP contribution < -0.4 is 10.6 Å². The number of hydrogen-bond donors (Lipinski definition) is 2. The fourth-order valence-electron chi connectivity index (χ4n) is 3.96. The van der Waals surface area contributed by atoms with Crippen molar-refractivity contribution in [3.8, 4) is 0 Å². The summed E-state index contributed by atoms with van der Waals surface area (Å²) in [5, 5.41) is 8.82. The summed E-state index contributed by atoms with van der Waals surface area (Å²) in [4.78, 5) is 27.5. The van der Waals surface area contributed by atoms with Gasteiger partial charge in [-0.2, -0.15) is 0 Å². The van der Waals surface area contributed by atoms with E-state index in [0.717, 1.165) is 26.2 Å². The molecular weight excluding hydrogens is 394 g/mol. The van der Waals surface area contributed by atoms with Gasteiger partial charge >= 0.3 is 0 Å². The Hall–Kier alpha value is -1.89. The van der Waals surface area contributed by atoms with Crippen molar-refractivity contribution in [2.24, 2.45) is 11.8 Å². The Morgan fingerprint density at radius 1 is 1.11 bits per heavy atom. The van der Waals surface area contributed by atoms with E-state index in [-0.39, 0.29) is 24.2 Å². The molecule has 5 nitrogen and oxygen atoms in total. The lowest BCUT2D eigenvalue weighted by molar-refractivity contribution is 0.0783. The lowest BCUT2D eigenvalue weighted by Gasteiger charge is -2.18. The summed E-state index contributed by atoms with van der Waals surface area (Å²) in [6, 6.07) is 9.47. The number of halogens is 1. The molecule has 2 atom stereocenters. The Bertz CT molecular complexity index is 838. The third kappa shape index (κ3) is 4.09. The summed E-state index contributed by atoms with van der Waals surface area (Å²) < 4.78 is 0. The number of hydrogen-bond acceptors (Lipinski definition) is 4. The first-order valence-corrected chi connectivity index (χ1v) is 10.4. The monoisotopic (exact) mass is 419 g/mol. The molecule has 0 unspecified atom stereocenters. The number of nitrogens with zero attached hydrogens (tertiary/aromatic N) is 1. The van der Waals surface area contributed by atoms with Gasteiger partial charge in [0.05, 0.1) is 5.56 Å². The number of benzene rings is 1. The van der Waals surface area contributed by atoms with Crippen LogP contribution in [0.2, 0.25) is 0 Å². The highest BCUT2D eigenvalue weighted by Crippen LogP contribution is 2.31. The van der Waals surface area contributed by atoms with Crippen LogP contribution in [0.15, 0.2) is 35.7 Å². The van der Waals surface area contributed by atoms with E-state index in [2.05, 4.69) is 24.5 Å². The number of anilines is 1. The van der Waals surface area contributed by atoms with Gasteiger partial charge in [0.2, 0.25) is 0 Å². The van der Waals surface area contributed by atoms with Gasteiger partial charge in [0, 0.05) is 31.7 Å². The summed E-state index contributed by atoms with van der Waals surface area (Å²) in [5.74, 6) is 1.40. The van der Waals surface area contributed by atoms with E-state index >= 15 is 0 Å². The van der Waals surface area contributed by atoms with E-state index in [1.165, 1.54) is 16.9 Å². The van der Waals surface area contributed by atoms with Crippen LogP contribution in [0.1, 0.15) is 46.0 Å². The van der Waals surface area contributed by atoms with Gasteiger partial charge in [0.25, 0.3) is 11.8 Å². The number of thiophene rings is 1. The second kappa shape index (κ2) is 8.64. The maximum absolute atomic E-state index is 13.0. The summed E-state index contributed by atoms with van der Waals surface area (Å²) in [6.07, 6.45) is 0. The van der Waals surface area contributed by atoms with Gasteiger partial charge in [0.15, 0.2) is 0 Å². The van der Waals surface area contributed by atoms with Gasteiger partial charge < -0.3 is 15.5 Å². The van der Waals surface area contributed by atoms with Crippen LogP contribution in [-0.4, -0.2) is 42.9 Å². The number of rotatable bonds is 4. The van der Waals surface area contributed by atoms with Gasteiger partial charge in [0.1, 0.15) is 5.00 Å². The zero-order valence-corrected chi connectivity index (χ0v) is 17.7. The third-order valence-corrected chi connectivity index (χ3v) is 6.47. The van der Waals surface area contributed by atoms with E-state index in [9.17, 15) is 9.59 Å². The predicted octanol–water partition coefficient (Wildman–Crippen LogP) is 3.84. The third-order valence-electron chi connectivity index (χ3n) is 5.64. The molecule has 150 valence electrons. The molecule has 2 aliphatic heterocycles. The van der Waals surface area contributed by atoms with Crippen molar-refractivity contribution in [1.29, 1.82) is 0 Å². The van der Waals surface area contributed by atoms with Gasteiger partial charge in [-0.25, -0.2) is 0 Å². The molecule has 2 aromatic rings. The average molecular weight is 420 g/mol. The molecule has 7 heteroatoms. The predicted molar refractivity (Wildman–Crippen MR) is 116 cm³/mol. The molecule has 2 saturated heterocycles. The van der Waals surface area contributed by atoms with Crippen LogP contribution in [-0.2, 0) is 0 Å². The molecule has 28 heavy (non-hydrogen) atoms. The Balaban J connectivity index is 0.00000225. The smallest absolute Gasteiger partial charge is 0.256 e. The molecule has 0 spiro atoms. The molecule has 0 radical (unpaired) electrons. The van der Waals surface area contributed by atoms with E-state index in [4.69, 9.17) is 0 Å². The Morgan fingerprint density at radius 2 is 1.75 bits per heavy atom. The molecule has 2 fully saturated rings. The van der Waals surface area contributed by atoms with Gasteiger partial charge in [-0.1, -0.05) is 26.0 Å². The van der Waals surface area contributed by atoms with Crippen LogP contribution in [0.3, 0.4) is 0 Å². The quantitative estimate of drug-likeness (QED) is 0.791. The summed E-state index contributed by atoms with van der Waals surface area (Å²) in [7, 11) is 0. The van der Waals surface area contributed by atoms with E-state index in [1.807, 2.05) is 40.6 Å².